The van der Waals surface area contributed by atoms with Crippen molar-refractivity contribution >= 4 is 22.5 Å². The van der Waals surface area contributed by atoms with Gasteiger partial charge in [-0.2, -0.15) is 5.10 Å². The summed E-state index contributed by atoms with van der Waals surface area (Å²) in [7, 11) is 0. The van der Waals surface area contributed by atoms with Crippen LogP contribution in [0.3, 0.4) is 0 Å². The molecule has 1 atom stereocenters. The Balaban J connectivity index is 1.84. The van der Waals surface area contributed by atoms with E-state index < -0.39 is 0 Å². The maximum absolute atomic E-state index is 12.4. The topological polar surface area (TPSA) is 58.1 Å². The predicted octanol–water partition coefficient (Wildman–Crippen LogP) is 2.36. The lowest BCUT2D eigenvalue weighted by Crippen LogP contribution is -2.39. The van der Waals surface area contributed by atoms with E-state index in [0.29, 0.717) is 5.82 Å². The fraction of sp³-hybridized carbons (Fsp3) is 0.438. The third-order valence-electron chi connectivity index (χ3n) is 4.01. The predicted molar refractivity (Wildman–Crippen MR) is 83.2 cm³/mol. The second-order valence-corrected chi connectivity index (χ2v) is 5.58. The van der Waals surface area contributed by atoms with Gasteiger partial charge in [-0.25, -0.2) is 0 Å². The van der Waals surface area contributed by atoms with Crippen LogP contribution in [0.25, 0.3) is 10.8 Å². The number of likely N-dealkylation sites (tertiary alicyclic amines) is 1. The van der Waals surface area contributed by atoms with Crippen LogP contribution in [0.5, 0.6) is 0 Å². The third-order valence-corrected chi connectivity index (χ3v) is 4.01. The molecule has 3 rings (SSSR count). The molecule has 1 aliphatic rings. The monoisotopic (exact) mass is 284 g/mol. The van der Waals surface area contributed by atoms with E-state index in [-0.39, 0.29) is 11.9 Å². The summed E-state index contributed by atoms with van der Waals surface area (Å²) in [6.45, 7) is 5.56. The average molecular weight is 284 g/mol. The summed E-state index contributed by atoms with van der Waals surface area (Å²) in [5.74, 6) is 0.815. The molecule has 1 fully saturated rings. The minimum atomic E-state index is -0.288. The molecular formula is C16H20N4O. The zero-order valence-corrected chi connectivity index (χ0v) is 12.5. The van der Waals surface area contributed by atoms with Crippen molar-refractivity contribution < 1.29 is 4.79 Å². The maximum atomic E-state index is 12.4. The Morgan fingerprint density at radius 3 is 2.57 bits per heavy atom. The second-order valence-electron chi connectivity index (χ2n) is 5.58. The zero-order chi connectivity index (χ0) is 14.8. The van der Waals surface area contributed by atoms with Gasteiger partial charge < -0.3 is 10.2 Å². The van der Waals surface area contributed by atoms with Gasteiger partial charge in [-0.3, -0.25) is 4.79 Å². The first-order valence-corrected chi connectivity index (χ1v) is 7.44. The first-order chi connectivity index (χ1) is 10.2. The number of hydrogen-bond acceptors (Lipinski definition) is 4. The number of rotatable bonds is 3. The van der Waals surface area contributed by atoms with Gasteiger partial charge in [0, 0.05) is 23.9 Å². The normalized spacial score (nSPS) is 16.2. The van der Waals surface area contributed by atoms with Gasteiger partial charge in [0.25, 0.3) is 0 Å². The molecule has 0 radical (unpaired) electrons. The molecule has 1 aromatic heterocycles. The van der Waals surface area contributed by atoms with Crippen LogP contribution in [-0.4, -0.2) is 40.1 Å². The lowest BCUT2D eigenvalue weighted by molar-refractivity contribution is -0.130. The van der Waals surface area contributed by atoms with E-state index in [1.165, 1.54) is 0 Å². The molecule has 1 aromatic carbocycles. The highest BCUT2D eigenvalue weighted by atomic mass is 16.2. The van der Waals surface area contributed by atoms with Crippen molar-refractivity contribution in [2.24, 2.45) is 0 Å². The molecule has 2 heterocycles. The summed E-state index contributed by atoms with van der Waals surface area (Å²) >= 11 is 0. The van der Waals surface area contributed by atoms with Gasteiger partial charge in [0.1, 0.15) is 6.04 Å². The highest BCUT2D eigenvalue weighted by Gasteiger charge is 2.23. The molecule has 1 amide bonds. The SMILES string of the molecule is Cc1nnc(NC(C)C(=O)N2CCCC2)c2ccccc12. The van der Waals surface area contributed by atoms with Gasteiger partial charge in [-0.1, -0.05) is 24.3 Å². The molecule has 0 aliphatic carbocycles. The van der Waals surface area contributed by atoms with Gasteiger partial charge in [0.15, 0.2) is 5.82 Å². The van der Waals surface area contributed by atoms with Crippen molar-refractivity contribution in [3.8, 4) is 0 Å². The molecule has 1 aliphatic heterocycles. The number of carbonyl (C=O) groups excluding carboxylic acids is 1. The van der Waals surface area contributed by atoms with Gasteiger partial charge in [-0.15, -0.1) is 5.10 Å². The van der Waals surface area contributed by atoms with Gasteiger partial charge in [0.05, 0.1) is 5.69 Å². The first kappa shape index (κ1) is 13.8. The minimum absolute atomic E-state index is 0.138. The summed E-state index contributed by atoms with van der Waals surface area (Å²) in [5.41, 5.74) is 0.898. The Morgan fingerprint density at radius 1 is 1.19 bits per heavy atom. The van der Waals surface area contributed by atoms with Crippen molar-refractivity contribution in [1.82, 2.24) is 15.1 Å². The van der Waals surface area contributed by atoms with Crippen molar-refractivity contribution in [2.75, 3.05) is 18.4 Å². The third kappa shape index (κ3) is 2.68. The van der Waals surface area contributed by atoms with E-state index in [1.54, 1.807) is 0 Å². The maximum Gasteiger partial charge on any atom is 0.244 e. The number of anilines is 1. The molecule has 0 spiro atoms. The molecule has 5 nitrogen and oxygen atoms in total. The van der Waals surface area contributed by atoms with Crippen molar-refractivity contribution in [1.29, 1.82) is 0 Å². The van der Waals surface area contributed by atoms with Gasteiger partial charge in [0.2, 0.25) is 5.91 Å². The number of carbonyl (C=O) groups is 1. The molecular weight excluding hydrogens is 264 g/mol. The number of fused-ring (bicyclic) bond motifs is 1. The van der Waals surface area contributed by atoms with E-state index in [0.717, 1.165) is 42.4 Å². The van der Waals surface area contributed by atoms with Gasteiger partial charge >= 0.3 is 0 Å². The van der Waals surface area contributed by atoms with Crippen LogP contribution < -0.4 is 5.32 Å². The lowest BCUT2D eigenvalue weighted by Gasteiger charge is -2.21. The van der Waals surface area contributed by atoms with Crippen molar-refractivity contribution in [3.05, 3.63) is 30.0 Å². The summed E-state index contributed by atoms with van der Waals surface area (Å²) in [6.07, 6.45) is 2.21. The highest BCUT2D eigenvalue weighted by molar-refractivity contribution is 5.94. The molecule has 1 unspecified atom stereocenters. The molecule has 5 heteroatoms. The number of aromatic nitrogens is 2. The summed E-state index contributed by atoms with van der Waals surface area (Å²) in [5, 5.41) is 13.7. The van der Waals surface area contributed by atoms with Crippen molar-refractivity contribution in [3.63, 3.8) is 0 Å². The summed E-state index contributed by atoms with van der Waals surface area (Å²) in [4.78, 5) is 14.3. The van der Waals surface area contributed by atoms with E-state index in [4.69, 9.17) is 0 Å². The Bertz CT molecular complexity index is 664. The Kier molecular flexibility index (Phi) is 3.73. The molecule has 1 N–H and O–H groups in total. The number of aryl methyl sites for hydroxylation is 1. The van der Waals surface area contributed by atoms with Crippen LogP contribution in [0.2, 0.25) is 0 Å². The van der Waals surface area contributed by atoms with Crippen LogP contribution in [0.1, 0.15) is 25.5 Å². The molecule has 21 heavy (non-hydrogen) atoms. The van der Waals surface area contributed by atoms with Crippen LogP contribution in [0, 0.1) is 6.92 Å². The molecule has 2 aromatic rings. The molecule has 0 bridgehead atoms. The lowest BCUT2D eigenvalue weighted by atomic mass is 10.1. The quantitative estimate of drug-likeness (QED) is 0.940. The summed E-state index contributed by atoms with van der Waals surface area (Å²) in [6, 6.07) is 7.70. The van der Waals surface area contributed by atoms with Crippen molar-refractivity contribution in [2.45, 2.75) is 32.7 Å². The van der Waals surface area contributed by atoms with E-state index in [1.807, 2.05) is 43.0 Å². The smallest absolute Gasteiger partial charge is 0.244 e. The fourth-order valence-corrected chi connectivity index (χ4v) is 2.82. The zero-order valence-electron chi connectivity index (χ0n) is 12.5. The molecule has 0 saturated carbocycles. The Hall–Kier alpha value is -2.17. The Morgan fingerprint density at radius 2 is 1.86 bits per heavy atom. The first-order valence-electron chi connectivity index (χ1n) is 7.44. The number of benzene rings is 1. The van der Waals surface area contributed by atoms with Crippen LogP contribution in [0.15, 0.2) is 24.3 Å². The number of hydrogen-bond donors (Lipinski definition) is 1. The fourth-order valence-electron chi connectivity index (χ4n) is 2.82. The number of amides is 1. The number of nitrogens with zero attached hydrogens (tertiary/aromatic N) is 3. The van der Waals surface area contributed by atoms with E-state index >= 15 is 0 Å². The van der Waals surface area contributed by atoms with Gasteiger partial charge in [-0.05, 0) is 26.7 Å². The second kappa shape index (κ2) is 5.68. The molecule has 1 saturated heterocycles. The van der Waals surface area contributed by atoms with E-state index in [2.05, 4.69) is 15.5 Å². The number of nitrogens with one attached hydrogen (secondary N) is 1. The van der Waals surface area contributed by atoms with E-state index in [9.17, 15) is 4.79 Å². The average Bonchev–Trinajstić information content (AvgIpc) is 3.04. The van der Waals surface area contributed by atoms with Crippen LogP contribution in [-0.2, 0) is 4.79 Å². The Labute approximate surface area is 124 Å². The highest BCUT2D eigenvalue weighted by Crippen LogP contribution is 2.23. The molecule has 110 valence electrons. The standard InChI is InChI=1S/C16H20N4O/c1-11-13-7-3-4-8-14(13)15(19-18-11)17-12(2)16(21)20-9-5-6-10-20/h3-4,7-8,12H,5-6,9-10H2,1-2H3,(H,17,19). The minimum Gasteiger partial charge on any atom is -0.357 e. The van der Waals surface area contributed by atoms with Crippen LogP contribution >= 0.6 is 0 Å². The summed E-state index contributed by atoms with van der Waals surface area (Å²) < 4.78 is 0. The largest absolute Gasteiger partial charge is 0.357 e. The van der Waals surface area contributed by atoms with Crippen LogP contribution in [0.4, 0.5) is 5.82 Å².